The van der Waals surface area contributed by atoms with Gasteiger partial charge in [-0.05, 0) is 0 Å². The summed E-state index contributed by atoms with van der Waals surface area (Å²) in [6, 6.07) is 0. The second kappa shape index (κ2) is 6.11. The number of aromatic hydroxyl groups is 1. The van der Waals surface area contributed by atoms with Crippen LogP contribution >= 0.6 is 24.0 Å². The number of carbonyl (C=O) groups excluding carboxylic acids is 1. The van der Waals surface area contributed by atoms with Gasteiger partial charge in [0, 0.05) is 24.0 Å². The Morgan fingerprint density at radius 1 is 1.08 bits per heavy atom. The van der Waals surface area contributed by atoms with Gasteiger partial charge < -0.3 is 5.11 Å². The molecule has 1 N–H and O–H groups in total. The van der Waals surface area contributed by atoms with Crippen molar-refractivity contribution in [2.24, 2.45) is 0 Å². The van der Waals surface area contributed by atoms with E-state index in [9.17, 15) is 9.90 Å². The molecule has 0 atom stereocenters. The van der Waals surface area contributed by atoms with Crippen LogP contribution in [0.25, 0.3) is 6.08 Å². The number of aromatic nitrogens is 2. The Labute approximate surface area is 152 Å². The van der Waals surface area contributed by atoms with Crippen LogP contribution in [0.5, 0.6) is 5.75 Å². The van der Waals surface area contributed by atoms with Crippen molar-refractivity contribution in [3.05, 3.63) is 22.1 Å². The Morgan fingerprint density at radius 3 is 1.88 bits per heavy atom. The molecule has 0 spiro atoms. The lowest BCUT2D eigenvalue weighted by Gasteiger charge is -2.25. The third-order valence-electron chi connectivity index (χ3n) is 3.57. The third-order valence-corrected chi connectivity index (χ3v) is 5.05. The molecule has 7 heteroatoms. The molecule has 1 aliphatic heterocycles. The maximum absolute atomic E-state index is 12.2. The normalized spacial score (nSPS) is 18.0. The van der Waals surface area contributed by atoms with E-state index in [1.54, 1.807) is 13.1 Å². The van der Waals surface area contributed by atoms with E-state index in [1.807, 2.05) is 41.5 Å². The summed E-state index contributed by atoms with van der Waals surface area (Å²) in [6.07, 6.45) is 1.65. The predicted molar refractivity (Wildman–Crippen MR) is 102 cm³/mol. The maximum atomic E-state index is 12.2. The molecule has 130 valence electrons. The van der Waals surface area contributed by atoms with E-state index in [0.29, 0.717) is 26.4 Å². The zero-order chi connectivity index (χ0) is 18.4. The van der Waals surface area contributed by atoms with Crippen molar-refractivity contribution in [3.63, 3.8) is 0 Å². The molecule has 5 nitrogen and oxygen atoms in total. The first-order chi connectivity index (χ1) is 10.8. The number of thioether (sulfide) groups is 1. The van der Waals surface area contributed by atoms with Gasteiger partial charge in [-0.25, -0.2) is 9.97 Å². The highest BCUT2D eigenvalue weighted by atomic mass is 32.2. The fourth-order valence-electron chi connectivity index (χ4n) is 2.25. The van der Waals surface area contributed by atoms with Crippen LogP contribution in [-0.2, 0) is 15.6 Å². The molecular formula is C17H23N3O2S2. The molecule has 24 heavy (non-hydrogen) atoms. The van der Waals surface area contributed by atoms with Crippen molar-refractivity contribution in [1.29, 1.82) is 0 Å². The molecule has 0 aliphatic carbocycles. The monoisotopic (exact) mass is 365 g/mol. The average Bonchev–Trinajstić information content (AvgIpc) is 2.65. The third kappa shape index (κ3) is 3.62. The SMILES string of the molecule is CN1C(=O)/C(=C/c2nc(C(C)(C)C)c(O)c(C(C)(C)C)n2)SC1=S. The van der Waals surface area contributed by atoms with Gasteiger partial charge in [-0.3, -0.25) is 9.69 Å². The summed E-state index contributed by atoms with van der Waals surface area (Å²) in [7, 11) is 1.65. The van der Waals surface area contributed by atoms with Gasteiger partial charge in [0.15, 0.2) is 11.6 Å². The standard InChI is InChI=1S/C17H23N3O2S2/c1-16(2,3)12-11(21)13(17(4,5)6)19-10(18-12)8-9-14(22)20(7)15(23)24-9/h8,21H,1-7H3/b9-8-. The molecule has 0 radical (unpaired) electrons. The fourth-order valence-corrected chi connectivity index (χ4v) is 3.39. The summed E-state index contributed by atoms with van der Waals surface area (Å²) >= 11 is 6.38. The molecule has 1 fully saturated rings. The van der Waals surface area contributed by atoms with E-state index in [1.165, 1.54) is 16.7 Å². The Hall–Kier alpha value is -1.47. The number of nitrogens with zero attached hydrogens (tertiary/aromatic N) is 3. The molecule has 0 unspecified atom stereocenters. The molecule has 2 heterocycles. The summed E-state index contributed by atoms with van der Waals surface area (Å²) in [4.78, 5) is 23.1. The summed E-state index contributed by atoms with van der Waals surface area (Å²) in [5.74, 6) is 0.378. The van der Waals surface area contributed by atoms with Crippen molar-refractivity contribution in [1.82, 2.24) is 14.9 Å². The second-order valence-corrected chi connectivity index (χ2v) is 9.54. The van der Waals surface area contributed by atoms with Gasteiger partial charge >= 0.3 is 0 Å². The Morgan fingerprint density at radius 2 is 1.54 bits per heavy atom. The molecule has 1 amide bonds. The van der Waals surface area contributed by atoms with Gasteiger partial charge in [0.25, 0.3) is 5.91 Å². The topological polar surface area (TPSA) is 66.3 Å². The highest BCUT2D eigenvalue weighted by Crippen LogP contribution is 2.37. The van der Waals surface area contributed by atoms with Crippen LogP contribution in [0.15, 0.2) is 4.91 Å². The van der Waals surface area contributed by atoms with E-state index in [-0.39, 0.29) is 22.5 Å². The van der Waals surface area contributed by atoms with E-state index >= 15 is 0 Å². The molecule has 1 aromatic heterocycles. The lowest BCUT2D eigenvalue weighted by molar-refractivity contribution is -0.121. The van der Waals surface area contributed by atoms with Crippen molar-refractivity contribution in [2.75, 3.05) is 7.05 Å². The minimum absolute atomic E-state index is 0.121. The first-order valence-corrected chi connectivity index (χ1v) is 8.88. The zero-order valence-electron chi connectivity index (χ0n) is 15.1. The van der Waals surface area contributed by atoms with Gasteiger partial charge in [-0.1, -0.05) is 65.5 Å². The predicted octanol–water partition coefficient (Wildman–Crippen LogP) is 3.61. The minimum atomic E-state index is -0.348. The van der Waals surface area contributed by atoms with Crippen molar-refractivity contribution in [3.8, 4) is 5.75 Å². The molecule has 0 aromatic carbocycles. The van der Waals surface area contributed by atoms with Crippen LogP contribution in [-0.4, -0.2) is 37.2 Å². The Kier molecular flexibility index (Phi) is 4.80. The molecule has 1 saturated heterocycles. The van der Waals surface area contributed by atoms with Gasteiger partial charge in [0.2, 0.25) is 0 Å². The summed E-state index contributed by atoms with van der Waals surface area (Å²) in [5, 5.41) is 10.6. The van der Waals surface area contributed by atoms with E-state index < -0.39 is 0 Å². The summed E-state index contributed by atoms with van der Waals surface area (Å²) < 4.78 is 0.511. The molecular weight excluding hydrogens is 342 g/mol. The molecule has 1 aliphatic rings. The lowest BCUT2D eigenvalue weighted by atomic mass is 9.85. The van der Waals surface area contributed by atoms with Crippen molar-refractivity contribution >= 4 is 40.3 Å². The maximum Gasteiger partial charge on any atom is 0.266 e. The van der Waals surface area contributed by atoms with Gasteiger partial charge in [0.1, 0.15) is 4.32 Å². The van der Waals surface area contributed by atoms with Gasteiger partial charge in [-0.15, -0.1) is 0 Å². The fraction of sp³-hybridized carbons (Fsp3) is 0.529. The second-order valence-electron chi connectivity index (χ2n) is 7.87. The highest BCUT2D eigenvalue weighted by molar-refractivity contribution is 8.26. The van der Waals surface area contributed by atoms with Crippen LogP contribution < -0.4 is 0 Å². The van der Waals surface area contributed by atoms with Gasteiger partial charge in [0.05, 0.1) is 16.3 Å². The zero-order valence-corrected chi connectivity index (χ0v) is 16.7. The first kappa shape index (κ1) is 18.9. The van der Waals surface area contributed by atoms with E-state index in [0.717, 1.165) is 0 Å². The first-order valence-electron chi connectivity index (χ1n) is 7.66. The lowest BCUT2D eigenvalue weighted by Crippen LogP contribution is -2.23. The van der Waals surface area contributed by atoms with Crippen molar-refractivity contribution in [2.45, 2.75) is 52.4 Å². The number of rotatable bonds is 1. The number of hydrogen-bond acceptors (Lipinski definition) is 6. The van der Waals surface area contributed by atoms with Crippen LogP contribution in [0.3, 0.4) is 0 Å². The summed E-state index contributed by atoms with van der Waals surface area (Å²) in [5.41, 5.74) is 0.444. The molecule has 0 saturated carbocycles. The van der Waals surface area contributed by atoms with Crippen molar-refractivity contribution < 1.29 is 9.90 Å². The van der Waals surface area contributed by atoms with Crippen LogP contribution in [0.2, 0.25) is 0 Å². The molecule has 1 aromatic rings. The minimum Gasteiger partial charge on any atom is -0.504 e. The van der Waals surface area contributed by atoms with Crippen LogP contribution in [0.1, 0.15) is 58.8 Å². The Balaban J connectivity index is 2.64. The number of likely N-dealkylation sites (N-methyl/N-ethyl adjacent to an activating group) is 1. The van der Waals surface area contributed by atoms with Crippen LogP contribution in [0.4, 0.5) is 0 Å². The number of thiocarbonyl (C=S) groups is 1. The molecule has 2 rings (SSSR count). The number of amides is 1. The van der Waals surface area contributed by atoms with E-state index in [2.05, 4.69) is 9.97 Å². The number of hydrogen-bond donors (Lipinski definition) is 1. The Bertz CT molecular complexity index is 708. The van der Waals surface area contributed by atoms with Crippen LogP contribution in [0, 0.1) is 0 Å². The van der Waals surface area contributed by atoms with Gasteiger partial charge in [-0.2, -0.15) is 0 Å². The average molecular weight is 366 g/mol. The largest absolute Gasteiger partial charge is 0.504 e. The molecule has 0 bridgehead atoms. The smallest absolute Gasteiger partial charge is 0.266 e. The number of carbonyl (C=O) groups is 1. The van der Waals surface area contributed by atoms with E-state index in [4.69, 9.17) is 12.2 Å². The quantitative estimate of drug-likeness (QED) is 0.606. The summed E-state index contributed by atoms with van der Waals surface area (Å²) in [6.45, 7) is 11.9. The highest BCUT2D eigenvalue weighted by Gasteiger charge is 2.31.